The molecule has 0 saturated carbocycles. The number of rotatable bonds is 3. The Morgan fingerprint density at radius 3 is 2.42 bits per heavy atom. The van der Waals surface area contributed by atoms with E-state index in [0.29, 0.717) is 6.26 Å². The molecule has 0 fully saturated rings. The minimum atomic E-state index is -4.19. The summed E-state index contributed by atoms with van der Waals surface area (Å²) in [4.78, 5) is 21.7. The molecule has 4 N–H and O–H groups in total. The second-order valence-electron chi connectivity index (χ2n) is 3.44. The summed E-state index contributed by atoms with van der Waals surface area (Å²) >= 11 is 0. The number of carbonyl (C=O) groups excluding carboxylic acids is 2. The van der Waals surface area contributed by atoms with E-state index in [1.165, 1.54) is 7.05 Å². The van der Waals surface area contributed by atoms with Crippen molar-refractivity contribution in [1.82, 2.24) is 15.5 Å². The molecule has 19 heavy (non-hydrogen) atoms. The van der Waals surface area contributed by atoms with Crippen molar-refractivity contribution in [2.45, 2.75) is 11.7 Å². The molecule has 1 aromatic heterocycles. The fraction of sp³-hybridized carbons (Fsp3) is 0.333. The maximum Gasteiger partial charge on any atom is 0.320 e. The summed E-state index contributed by atoms with van der Waals surface area (Å²) < 4.78 is 46.1. The topological polar surface area (TPSA) is 144 Å². The van der Waals surface area contributed by atoms with Crippen LogP contribution in [0.5, 0.6) is 0 Å². The fourth-order valence-corrected chi connectivity index (χ4v) is 2.16. The van der Waals surface area contributed by atoms with E-state index >= 15 is 0 Å². The van der Waals surface area contributed by atoms with Crippen LogP contribution in [0.3, 0.4) is 0 Å². The minimum Gasteiger partial charge on any atom is -0.364 e. The molecule has 1 aromatic rings. The van der Waals surface area contributed by atoms with Crippen LogP contribution in [0, 0.1) is 6.85 Å². The summed E-state index contributed by atoms with van der Waals surface area (Å²) in [6, 6.07) is -0.842. The highest BCUT2D eigenvalue weighted by molar-refractivity contribution is 7.90. The smallest absolute Gasteiger partial charge is 0.320 e. The zero-order chi connectivity index (χ0) is 17.3. The van der Waals surface area contributed by atoms with E-state index in [0.717, 1.165) is 0 Å². The number of nitrogens with zero attached hydrogens (tertiary/aromatic N) is 2. The van der Waals surface area contributed by atoms with Crippen LogP contribution in [-0.4, -0.2) is 43.9 Å². The summed E-state index contributed by atoms with van der Waals surface area (Å²) in [5, 5.41) is 10.9. The molecule has 1 heterocycles. The van der Waals surface area contributed by atoms with Gasteiger partial charge in [-0.3, -0.25) is 10.1 Å². The molecule has 9 nitrogen and oxygen atoms in total. The number of nitrogens with two attached hydrogens (primary N) is 1. The number of amides is 3. The lowest BCUT2D eigenvalue weighted by Gasteiger charge is -2.11. The van der Waals surface area contributed by atoms with Gasteiger partial charge < -0.3 is 11.1 Å². The molecule has 104 valence electrons. The van der Waals surface area contributed by atoms with Crippen LogP contribution < -0.4 is 16.4 Å². The molecular weight excluding hydrogens is 274 g/mol. The van der Waals surface area contributed by atoms with Crippen molar-refractivity contribution >= 4 is 27.6 Å². The largest absolute Gasteiger partial charge is 0.364 e. The third kappa shape index (κ3) is 3.16. The van der Waals surface area contributed by atoms with E-state index in [1.807, 2.05) is 5.32 Å². The standard InChI is InChI=1S/C9H13N5O4S/c1-4-6(19(3,17)18)5(7(10)15)13-14-8(4)12-9(16)11-2/h1-3H3,(H2,10,15)(H2,11,12,14,16)/i1D3. The van der Waals surface area contributed by atoms with Gasteiger partial charge >= 0.3 is 6.03 Å². The van der Waals surface area contributed by atoms with Crippen LogP contribution in [-0.2, 0) is 9.84 Å². The molecule has 0 aliphatic heterocycles. The molecule has 0 aliphatic rings. The van der Waals surface area contributed by atoms with Gasteiger partial charge in [-0.1, -0.05) is 0 Å². The molecule has 10 heteroatoms. The molecule has 0 radical (unpaired) electrons. The Balaban J connectivity index is 3.85. The van der Waals surface area contributed by atoms with Gasteiger partial charge in [-0.15, -0.1) is 10.2 Å². The van der Waals surface area contributed by atoms with Gasteiger partial charge in [0.05, 0.1) is 0 Å². The molecule has 0 saturated heterocycles. The summed E-state index contributed by atoms with van der Waals surface area (Å²) in [6.45, 7) is -2.99. The lowest BCUT2D eigenvalue weighted by Crippen LogP contribution is -2.27. The normalized spacial score (nSPS) is 13.9. The monoisotopic (exact) mass is 290 g/mol. The molecule has 0 unspecified atom stereocenters. The number of primary amides is 1. The lowest BCUT2D eigenvalue weighted by atomic mass is 10.2. The number of nitrogens with one attached hydrogen (secondary N) is 2. The molecule has 0 bridgehead atoms. The van der Waals surface area contributed by atoms with Gasteiger partial charge in [0, 0.05) is 23.0 Å². The third-order valence-electron chi connectivity index (χ3n) is 1.99. The van der Waals surface area contributed by atoms with Crippen molar-refractivity contribution in [3.8, 4) is 0 Å². The van der Waals surface area contributed by atoms with Crippen molar-refractivity contribution in [3.05, 3.63) is 11.3 Å². The summed E-state index contributed by atoms with van der Waals surface area (Å²) in [7, 11) is -2.94. The van der Waals surface area contributed by atoms with Crippen molar-refractivity contribution in [2.24, 2.45) is 5.73 Å². The fourth-order valence-electron chi connectivity index (χ4n) is 1.20. The SMILES string of the molecule is [2H]C([2H])([2H])c1c(NC(=O)NC)nnc(C(N)=O)c1S(C)(=O)=O. The van der Waals surface area contributed by atoms with Gasteiger partial charge in [0.25, 0.3) is 5.91 Å². The highest BCUT2D eigenvalue weighted by Crippen LogP contribution is 2.23. The minimum absolute atomic E-state index is 0.607. The quantitative estimate of drug-likeness (QED) is 0.653. The Morgan fingerprint density at radius 2 is 2.00 bits per heavy atom. The number of hydrogen-bond donors (Lipinski definition) is 3. The van der Waals surface area contributed by atoms with E-state index in [9.17, 15) is 18.0 Å². The zero-order valence-corrected chi connectivity index (χ0v) is 10.8. The molecular formula is C9H13N5O4S. The first-order valence-corrected chi connectivity index (χ1v) is 6.68. The predicted octanol–water partition coefficient (Wildman–Crippen LogP) is -0.961. The van der Waals surface area contributed by atoms with Gasteiger partial charge in [0.1, 0.15) is 4.90 Å². The van der Waals surface area contributed by atoms with E-state index in [4.69, 9.17) is 9.85 Å². The lowest BCUT2D eigenvalue weighted by molar-refractivity contribution is 0.0991. The maximum atomic E-state index is 11.9. The Bertz CT molecular complexity index is 732. The van der Waals surface area contributed by atoms with Gasteiger partial charge in [0.15, 0.2) is 21.3 Å². The van der Waals surface area contributed by atoms with Crippen molar-refractivity contribution in [2.75, 3.05) is 18.6 Å². The highest BCUT2D eigenvalue weighted by Gasteiger charge is 2.25. The Hall–Kier alpha value is -2.23. The average Bonchev–Trinajstić information content (AvgIpc) is 2.35. The zero-order valence-electron chi connectivity index (χ0n) is 13.0. The molecule has 3 amide bonds. The Morgan fingerprint density at radius 1 is 1.37 bits per heavy atom. The van der Waals surface area contributed by atoms with E-state index in [1.54, 1.807) is 0 Å². The second kappa shape index (κ2) is 5.18. The van der Waals surface area contributed by atoms with Gasteiger partial charge in [0.2, 0.25) is 0 Å². The van der Waals surface area contributed by atoms with Crippen LogP contribution in [0.25, 0.3) is 0 Å². The predicted molar refractivity (Wildman–Crippen MR) is 66.5 cm³/mol. The Labute approximate surface area is 113 Å². The van der Waals surface area contributed by atoms with Crippen molar-refractivity contribution in [3.63, 3.8) is 0 Å². The Kier molecular flexibility index (Phi) is 2.91. The highest BCUT2D eigenvalue weighted by atomic mass is 32.2. The first-order chi connectivity index (χ1) is 9.89. The first kappa shape index (κ1) is 10.7. The van der Waals surface area contributed by atoms with E-state index in [-0.39, 0.29) is 0 Å². The van der Waals surface area contributed by atoms with Crippen molar-refractivity contribution < 1.29 is 22.1 Å². The van der Waals surface area contributed by atoms with Gasteiger partial charge in [-0.25, -0.2) is 13.2 Å². The van der Waals surface area contributed by atoms with Crippen LogP contribution in [0.15, 0.2) is 4.90 Å². The number of hydrogen-bond acceptors (Lipinski definition) is 6. The number of sulfone groups is 1. The van der Waals surface area contributed by atoms with Gasteiger partial charge in [-0.05, 0) is 6.85 Å². The first-order valence-electron chi connectivity index (χ1n) is 6.29. The van der Waals surface area contributed by atoms with Crippen LogP contribution in [0.4, 0.5) is 10.6 Å². The third-order valence-corrected chi connectivity index (χ3v) is 3.13. The number of aromatic nitrogens is 2. The van der Waals surface area contributed by atoms with Crippen LogP contribution in [0.1, 0.15) is 20.2 Å². The summed E-state index contributed by atoms with van der Waals surface area (Å²) in [5.74, 6) is -1.87. The average molecular weight is 290 g/mol. The molecule has 0 aromatic carbocycles. The number of carbonyl (C=O) groups is 2. The maximum absolute atomic E-state index is 11.9. The summed E-state index contributed by atoms with van der Waals surface area (Å²) in [6.07, 6.45) is 0.690. The van der Waals surface area contributed by atoms with Crippen LogP contribution in [0.2, 0.25) is 0 Å². The number of anilines is 1. The second-order valence-corrected chi connectivity index (χ2v) is 5.39. The summed E-state index contributed by atoms with van der Waals surface area (Å²) in [5.41, 5.74) is 3.37. The van der Waals surface area contributed by atoms with Crippen LogP contribution >= 0.6 is 0 Å². The number of urea groups is 1. The molecule has 0 aliphatic carbocycles. The molecule has 1 rings (SSSR count). The van der Waals surface area contributed by atoms with E-state index < -0.39 is 50.6 Å². The van der Waals surface area contributed by atoms with Gasteiger partial charge in [-0.2, -0.15) is 0 Å². The molecule has 0 spiro atoms. The van der Waals surface area contributed by atoms with Crippen molar-refractivity contribution in [1.29, 1.82) is 0 Å². The molecule has 0 atom stereocenters. The van der Waals surface area contributed by atoms with E-state index in [2.05, 4.69) is 15.5 Å².